The smallest absolute Gasteiger partial charge is 0.306 e. The molecule has 0 fully saturated rings. The van der Waals surface area contributed by atoms with Crippen molar-refractivity contribution in [3.8, 4) is 0 Å². The molecule has 0 spiro atoms. The summed E-state index contributed by atoms with van der Waals surface area (Å²) < 4.78 is 4.69. The molecule has 2 amide bonds. The van der Waals surface area contributed by atoms with Gasteiger partial charge in [0.25, 0.3) is 0 Å². The van der Waals surface area contributed by atoms with Crippen molar-refractivity contribution in [2.24, 2.45) is 5.73 Å². The number of amides is 2. The number of allylic oxidation sites excluding steroid dienone is 1. The van der Waals surface area contributed by atoms with Crippen molar-refractivity contribution >= 4 is 17.8 Å². The number of carbonyl (C=O) groups excluding carboxylic acids is 3. The van der Waals surface area contributed by atoms with E-state index < -0.39 is 23.8 Å². The van der Waals surface area contributed by atoms with Crippen LogP contribution in [0.5, 0.6) is 0 Å². The molecule has 6 nitrogen and oxygen atoms in total. The number of nitrogens with two attached hydrogens (primary N) is 1. The zero-order valence-electron chi connectivity index (χ0n) is 10.6. The molecule has 1 atom stereocenters. The Morgan fingerprint density at radius 2 is 2.06 bits per heavy atom. The predicted octanol–water partition coefficient (Wildman–Crippen LogP) is 0.266. The average molecular weight is 256 g/mol. The average Bonchev–Trinajstić information content (AvgIpc) is 2.32. The molecular weight excluding hydrogens is 236 g/mol. The van der Waals surface area contributed by atoms with Gasteiger partial charge in [0, 0.05) is 6.42 Å². The topological polar surface area (TPSA) is 98.5 Å². The first-order valence-electron chi connectivity index (χ1n) is 5.86. The molecule has 0 aliphatic heterocycles. The van der Waals surface area contributed by atoms with Crippen molar-refractivity contribution in [1.82, 2.24) is 5.32 Å². The van der Waals surface area contributed by atoms with Gasteiger partial charge in [0.1, 0.15) is 6.04 Å². The van der Waals surface area contributed by atoms with E-state index in [1.165, 1.54) is 0 Å². The van der Waals surface area contributed by atoms with Crippen LogP contribution in [0.3, 0.4) is 0 Å². The van der Waals surface area contributed by atoms with Gasteiger partial charge in [0.05, 0.1) is 13.0 Å². The maximum absolute atomic E-state index is 11.5. The zero-order chi connectivity index (χ0) is 14.0. The lowest BCUT2D eigenvalue weighted by molar-refractivity contribution is -0.144. The molecule has 0 aromatic heterocycles. The number of primary amides is 1. The molecule has 0 aliphatic rings. The van der Waals surface area contributed by atoms with Gasteiger partial charge in [-0.3, -0.25) is 14.4 Å². The summed E-state index contributed by atoms with van der Waals surface area (Å²) in [6, 6.07) is -0.724. The van der Waals surface area contributed by atoms with E-state index in [2.05, 4.69) is 16.6 Å². The quantitative estimate of drug-likeness (QED) is 0.457. The highest BCUT2D eigenvalue weighted by Crippen LogP contribution is 2.00. The van der Waals surface area contributed by atoms with E-state index in [0.29, 0.717) is 12.8 Å². The number of carbonyl (C=O) groups is 3. The first-order valence-corrected chi connectivity index (χ1v) is 5.86. The molecule has 102 valence electrons. The Morgan fingerprint density at radius 3 is 2.56 bits per heavy atom. The van der Waals surface area contributed by atoms with Gasteiger partial charge in [-0.05, 0) is 19.8 Å². The molecule has 3 N–H and O–H groups in total. The molecule has 0 rings (SSSR count). The summed E-state index contributed by atoms with van der Waals surface area (Å²) in [7, 11) is 0. The van der Waals surface area contributed by atoms with Crippen LogP contribution in [0.2, 0.25) is 0 Å². The molecule has 6 heteroatoms. The minimum absolute atomic E-state index is 0.00733. The highest BCUT2D eigenvalue weighted by Gasteiger charge is 2.17. The van der Waals surface area contributed by atoms with Crippen LogP contribution in [0.25, 0.3) is 0 Å². The molecule has 0 saturated heterocycles. The van der Waals surface area contributed by atoms with E-state index in [1.54, 1.807) is 13.0 Å². The third kappa shape index (κ3) is 7.43. The predicted molar refractivity (Wildman–Crippen MR) is 66.4 cm³/mol. The van der Waals surface area contributed by atoms with E-state index in [-0.39, 0.29) is 19.4 Å². The summed E-state index contributed by atoms with van der Waals surface area (Å²) in [4.78, 5) is 33.6. The van der Waals surface area contributed by atoms with Crippen LogP contribution in [0.1, 0.15) is 32.6 Å². The molecule has 0 unspecified atom stereocenters. The van der Waals surface area contributed by atoms with Crippen molar-refractivity contribution in [1.29, 1.82) is 0 Å². The van der Waals surface area contributed by atoms with Gasteiger partial charge >= 0.3 is 5.97 Å². The molecular formula is C12H20N2O4. The fourth-order valence-corrected chi connectivity index (χ4v) is 1.29. The largest absolute Gasteiger partial charge is 0.466 e. The number of ether oxygens (including phenoxy) is 1. The van der Waals surface area contributed by atoms with Crippen LogP contribution in [0.15, 0.2) is 12.7 Å². The van der Waals surface area contributed by atoms with Crippen LogP contribution in [0.4, 0.5) is 0 Å². The van der Waals surface area contributed by atoms with Gasteiger partial charge in [-0.2, -0.15) is 0 Å². The minimum Gasteiger partial charge on any atom is -0.466 e. The van der Waals surface area contributed by atoms with E-state index in [1.807, 2.05) is 0 Å². The lowest BCUT2D eigenvalue weighted by Crippen LogP contribution is -2.44. The zero-order valence-corrected chi connectivity index (χ0v) is 10.6. The fourth-order valence-electron chi connectivity index (χ4n) is 1.29. The monoisotopic (exact) mass is 256 g/mol. The number of nitrogens with one attached hydrogen (secondary N) is 1. The van der Waals surface area contributed by atoms with E-state index >= 15 is 0 Å². The first kappa shape index (κ1) is 16.1. The van der Waals surface area contributed by atoms with Gasteiger partial charge in [-0.15, -0.1) is 6.58 Å². The molecule has 0 aromatic carbocycles. The Morgan fingerprint density at radius 1 is 1.39 bits per heavy atom. The molecule has 0 heterocycles. The number of hydrogen-bond donors (Lipinski definition) is 2. The van der Waals surface area contributed by atoms with Gasteiger partial charge < -0.3 is 15.8 Å². The van der Waals surface area contributed by atoms with Crippen molar-refractivity contribution in [3.63, 3.8) is 0 Å². The maximum Gasteiger partial charge on any atom is 0.306 e. The minimum atomic E-state index is -0.724. The number of rotatable bonds is 9. The van der Waals surface area contributed by atoms with Gasteiger partial charge in [0.2, 0.25) is 11.8 Å². The standard InChI is InChI=1S/C12H20N2O4/c1-3-5-6-9(12(13)17)14-10(15)7-8-11(16)18-4-2/h3,9H,1,4-8H2,2H3,(H2,13,17)(H,14,15)/t9-/m0/s1. The summed E-state index contributed by atoms with van der Waals surface area (Å²) in [5, 5.41) is 2.48. The normalized spacial score (nSPS) is 11.4. The summed E-state index contributed by atoms with van der Waals surface area (Å²) in [5.74, 6) is -1.42. The molecule has 0 aromatic rings. The second kappa shape index (κ2) is 9.21. The highest BCUT2D eigenvalue weighted by atomic mass is 16.5. The molecule has 0 bridgehead atoms. The fraction of sp³-hybridized carbons (Fsp3) is 0.583. The summed E-state index contributed by atoms with van der Waals surface area (Å²) in [6.45, 7) is 5.50. The van der Waals surface area contributed by atoms with Gasteiger partial charge in [0.15, 0.2) is 0 Å². The lowest BCUT2D eigenvalue weighted by atomic mass is 10.1. The van der Waals surface area contributed by atoms with E-state index in [0.717, 1.165) is 0 Å². The van der Waals surface area contributed by atoms with Crippen molar-refractivity contribution in [3.05, 3.63) is 12.7 Å². The second-order valence-corrected chi connectivity index (χ2v) is 3.69. The Balaban J connectivity index is 4.05. The highest BCUT2D eigenvalue weighted by molar-refractivity contribution is 5.87. The molecule has 0 radical (unpaired) electrons. The van der Waals surface area contributed by atoms with Gasteiger partial charge in [-0.25, -0.2) is 0 Å². The number of hydrogen-bond acceptors (Lipinski definition) is 4. The maximum atomic E-state index is 11.5. The molecule has 0 aliphatic carbocycles. The van der Waals surface area contributed by atoms with Crippen LogP contribution in [-0.2, 0) is 19.1 Å². The van der Waals surface area contributed by atoms with Crippen LogP contribution < -0.4 is 11.1 Å². The third-order valence-corrected chi connectivity index (χ3v) is 2.20. The van der Waals surface area contributed by atoms with Crippen LogP contribution >= 0.6 is 0 Å². The Bertz CT molecular complexity index is 315. The Kier molecular flexibility index (Phi) is 8.26. The van der Waals surface area contributed by atoms with Gasteiger partial charge in [-0.1, -0.05) is 6.08 Å². The second-order valence-electron chi connectivity index (χ2n) is 3.69. The van der Waals surface area contributed by atoms with Crippen molar-refractivity contribution in [2.75, 3.05) is 6.61 Å². The van der Waals surface area contributed by atoms with Crippen LogP contribution in [-0.4, -0.2) is 30.4 Å². The van der Waals surface area contributed by atoms with E-state index in [4.69, 9.17) is 5.73 Å². The summed E-state index contributed by atoms with van der Waals surface area (Å²) >= 11 is 0. The van der Waals surface area contributed by atoms with Crippen molar-refractivity contribution in [2.45, 2.75) is 38.6 Å². The van der Waals surface area contributed by atoms with Crippen LogP contribution in [0, 0.1) is 0 Å². The Labute approximate surface area is 107 Å². The summed E-state index contributed by atoms with van der Waals surface area (Å²) in [5.41, 5.74) is 5.15. The molecule has 18 heavy (non-hydrogen) atoms. The summed E-state index contributed by atoms with van der Waals surface area (Å²) in [6.07, 6.45) is 2.60. The molecule has 0 saturated carbocycles. The SMILES string of the molecule is C=CCC[C@H](NC(=O)CCC(=O)OCC)C(N)=O. The number of esters is 1. The van der Waals surface area contributed by atoms with E-state index in [9.17, 15) is 14.4 Å². The van der Waals surface area contributed by atoms with Crippen molar-refractivity contribution < 1.29 is 19.1 Å². The Hall–Kier alpha value is -1.85. The lowest BCUT2D eigenvalue weighted by Gasteiger charge is -2.14. The third-order valence-electron chi connectivity index (χ3n) is 2.20. The first-order chi connectivity index (χ1) is 8.51.